The van der Waals surface area contributed by atoms with Crippen LogP contribution in [-0.2, 0) is 9.53 Å². The molecule has 0 radical (unpaired) electrons. The van der Waals surface area contributed by atoms with Crippen LogP contribution >= 0.6 is 11.6 Å². The third kappa shape index (κ3) is 3.61. The zero-order chi connectivity index (χ0) is 15.4. The molecule has 0 aliphatic carbocycles. The average Bonchev–Trinajstić information content (AvgIpc) is 2.89. The summed E-state index contributed by atoms with van der Waals surface area (Å²) >= 11 is 6.00. The van der Waals surface area contributed by atoms with Crippen molar-refractivity contribution in [2.24, 2.45) is 0 Å². The van der Waals surface area contributed by atoms with Crippen molar-refractivity contribution in [3.63, 3.8) is 0 Å². The Balaban J connectivity index is 2.42. The van der Waals surface area contributed by atoms with Gasteiger partial charge in [0.25, 0.3) is 0 Å². The number of carbonyl (C=O) groups is 1. The highest BCUT2D eigenvalue weighted by Gasteiger charge is 2.30. The predicted octanol–water partition coefficient (Wildman–Crippen LogP) is 3.54. The summed E-state index contributed by atoms with van der Waals surface area (Å²) in [7, 11) is 0. The van der Waals surface area contributed by atoms with Crippen LogP contribution in [0.5, 0.6) is 0 Å². The van der Waals surface area contributed by atoms with Gasteiger partial charge in [-0.25, -0.2) is 0 Å². The molecular weight excluding hydrogens is 292 g/mol. The van der Waals surface area contributed by atoms with Crippen LogP contribution < -0.4 is 0 Å². The van der Waals surface area contributed by atoms with E-state index < -0.39 is 11.9 Å². The minimum Gasteiger partial charge on any atom is -0.465 e. The number of hydrogen-bond acceptors (Lipinski definition) is 5. The molecule has 21 heavy (non-hydrogen) atoms. The van der Waals surface area contributed by atoms with Crippen molar-refractivity contribution in [1.82, 2.24) is 10.1 Å². The monoisotopic (exact) mass is 308 g/mol. The van der Waals surface area contributed by atoms with Crippen molar-refractivity contribution in [2.45, 2.75) is 32.6 Å². The topological polar surface area (TPSA) is 65.2 Å². The summed E-state index contributed by atoms with van der Waals surface area (Å²) in [5.41, 5.74) is 0.667. The van der Waals surface area contributed by atoms with Crippen molar-refractivity contribution in [1.29, 1.82) is 0 Å². The van der Waals surface area contributed by atoms with Crippen LogP contribution in [0.2, 0.25) is 5.02 Å². The molecule has 0 aliphatic heterocycles. The number of halogens is 1. The highest BCUT2D eigenvalue weighted by molar-refractivity contribution is 6.30. The summed E-state index contributed by atoms with van der Waals surface area (Å²) in [6.45, 7) is 5.93. The molecule has 0 bridgehead atoms. The maximum Gasteiger partial charge on any atom is 0.323 e. The lowest BCUT2D eigenvalue weighted by Gasteiger charge is -2.12. The minimum atomic E-state index is -0.761. The van der Waals surface area contributed by atoms with Crippen LogP contribution in [-0.4, -0.2) is 22.7 Å². The van der Waals surface area contributed by atoms with E-state index in [-0.39, 0.29) is 18.4 Å². The molecule has 0 amide bonds. The van der Waals surface area contributed by atoms with Gasteiger partial charge in [-0.05, 0) is 24.6 Å². The van der Waals surface area contributed by atoms with Gasteiger partial charge in [-0.2, -0.15) is 4.98 Å². The number of esters is 1. The molecule has 6 heteroatoms. The fourth-order valence-electron chi connectivity index (χ4n) is 1.89. The Bertz CT molecular complexity index is 625. The Morgan fingerprint density at radius 1 is 1.43 bits per heavy atom. The van der Waals surface area contributed by atoms with Crippen LogP contribution in [0.4, 0.5) is 0 Å². The van der Waals surface area contributed by atoms with Gasteiger partial charge >= 0.3 is 5.97 Å². The Hall–Kier alpha value is -1.88. The van der Waals surface area contributed by atoms with Gasteiger partial charge < -0.3 is 9.26 Å². The standard InChI is InChI=1S/C15H17ClN2O3/c1-4-20-15(19)12(10-6-5-7-11(16)8-10)14-17-13(9(2)3)18-21-14/h5-9,12H,4H2,1-3H3. The van der Waals surface area contributed by atoms with Gasteiger partial charge in [-0.15, -0.1) is 0 Å². The molecule has 0 saturated carbocycles. The number of carbonyl (C=O) groups excluding carboxylic acids is 1. The molecule has 0 N–H and O–H groups in total. The van der Waals surface area contributed by atoms with Gasteiger partial charge in [-0.1, -0.05) is 42.7 Å². The molecule has 1 aromatic heterocycles. The molecule has 1 heterocycles. The minimum absolute atomic E-state index is 0.115. The van der Waals surface area contributed by atoms with E-state index in [1.165, 1.54) is 0 Å². The fraction of sp³-hybridized carbons (Fsp3) is 0.400. The van der Waals surface area contributed by atoms with Crippen molar-refractivity contribution in [3.8, 4) is 0 Å². The first-order chi connectivity index (χ1) is 10.0. The summed E-state index contributed by atoms with van der Waals surface area (Å²) in [5, 5.41) is 4.43. The Morgan fingerprint density at radius 2 is 2.19 bits per heavy atom. The molecule has 1 atom stereocenters. The van der Waals surface area contributed by atoms with E-state index in [0.29, 0.717) is 16.4 Å². The summed E-state index contributed by atoms with van der Waals surface area (Å²) in [6, 6.07) is 6.99. The maximum absolute atomic E-state index is 12.2. The Labute approximate surface area is 128 Å². The second kappa shape index (κ2) is 6.72. The van der Waals surface area contributed by atoms with Crippen LogP contribution in [0, 0.1) is 0 Å². The van der Waals surface area contributed by atoms with Gasteiger partial charge in [0, 0.05) is 10.9 Å². The van der Waals surface area contributed by atoms with Crippen LogP contribution in [0.15, 0.2) is 28.8 Å². The van der Waals surface area contributed by atoms with E-state index in [4.69, 9.17) is 20.9 Å². The molecule has 5 nitrogen and oxygen atoms in total. The average molecular weight is 309 g/mol. The van der Waals surface area contributed by atoms with Crippen LogP contribution in [0.3, 0.4) is 0 Å². The highest BCUT2D eigenvalue weighted by Crippen LogP contribution is 2.27. The summed E-state index contributed by atoms with van der Waals surface area (Å²) in [6.07, 6.45) is 0. The largest absolute Gasteiger partial charge is 0.465 e. The third-order valence-electron chi connectivity index (χ3n) is 2.93. The zero-order valence-corrected chi connectivity index (χ0v) is 12.9. The first-order valence-corrected chi connectivity index (χ1v) is 7.16. The Morgan fingerprint density at radius 3 is 2.76 bits per heavy atom. The second-order valence-electron chi connectivity index (χ2n) is 4.89. The molecule has 0 spiro atoms. The van der Waals surface area contributed by atoms with Crippen molar-refractivity contribution in [3.05, 3.63) is 46.6 Å². The molecule has 2 rings (SSSR count). The van der Waals surface area contributed by atoms with Gasteiger partial charge in [0.1, 0.15) is 0 Å². The first kappa shape index (κ1) is 15.5. The fourth-order valence-corrected chi connectivity index (χ4v) is 2.09. The van der Waals surface area contributed by atoms with E-state index in [1.54, 1.807) is 31.2 Å². The van der Waals surface area contributed by atoms with Crippen molar-refractivity contribution >= 4 is 17.6 Å². The predicted molar refractivity (Wildman–Crippen MR) is 78.3 cm³/mol. The van der Waals surface area contributed by atoms with Gasteiger partial charge in [-0.3, -0.25) is 4.79 Å². The van der Waals surface area contributed by atoms with E-state index >= 15 is 0 Å². The van der Waals surface area contributed by atoms with Gasteiger partial charge in [0.05, 0.1) is 6.61 Å². The number of ether oxygens (including phenoxy) is 1. The number of aromatic nitrogens is 2. The molecule has 112 valence electrons. The maximum atomic E-state index is 12.2. The quantitative estimate of drug-likeness (QED) is 0.790. The molecule has 0 saturated heterocycles. The van der Waals surface area contributed by atoms with E-state index in [1.807, 2.05) is 13.8 Å². The van der Waals surface area contributed by atoms with E-state index in [0.717, 1.165) is 0 Å². The molecular formula is C15H17ClN2O3. The lowest BCUT2D eigenvalue weighted by atomic mass is 9.99. The smallest absolute Gasteiger partial charge is 0.323 e. The van der Waals surface area contributed by atoms with Crippen LogP contribution in [0.1, 0.15) is 49.9 Å². The molecule has 0 fully saturated rings. The SMILES string of the molecule is CCOC(=O)C(c1cccc(Cl)c1)c1nc(C(C)C)no1. The molecule has 0 aliphatic rings. The lowest BCUT2D eigenvalue weighted by molar-refractivity contribution is -0.144. The molecule has 2 aromatic rings. The molecule has 1 aromatic carbocycles. The molecule has 1 unspecified atom stereocenters. The van der Waals surface area contributed by atoms with E-state index in [9.17, 15) is 4.79 Å². The number of nitrogens with zero attached hydrogens (tertiary/aromatic N) is 2. The normalized spacial score (nSPS) is 12.4. The Kier molecular flexibility index (Phi) is 4.96. The summed E-state index contributed by atoms with van der Waals surface area (Å²) < 4.78 is 10.4. The van der Waals surface area contributed by atoms with Crippen molar-refractivity contribution < 1.29 is 14.1 Å². The second-order valence-corrected chi connectivity index (χ2v) is 5.32. The van der Waals surface area contributed by atoms with Crippen LogP contribution in [0.25, 0.3) is 0 Å². The van der Waals surface area contributed by atoms with Crippen molar-refractivity contribution in [2.75, 3.05) is 6.61 Å². The summed E-state index contributed by atoms with van der Waals surface area (Å²) in [5.74, 6) is -0.298. The first-order valence-electron chi connectivity index (χ1n) is 6.78. The van der Waals surface area contributed by atoms with Gasteiger partial charge in [0.2, 0.25) is 5.89 Å². The number of hydrogen-bond donors (Lipinski definition) is 0. The number of benzene rings is 1. The third-order valence-corrected chi connectivity index (χ3v) is 3.16. The van der Waals surface area contributed by atoms with Gasteiger partial charge in [0.15, 0.2) is 11.7 Å². The summed E-state index contributed by atoms with van der Waals surface area (Å²) in [4.78, 5) is 16.5. The zero-order valence-electron chi connectivity index (χ0n) is 12.2. The highest BCUT2D eigenvalue weighted by atomic mass is 35.5. The number of rotatable bonds is 5. The van der Waals surface area contributed by atoms with E-state index in [2.05, 4.69) is 10.1 Å². The lowest BCUT2D eigenvalue weighted by Crippen LogP contribution is -2.17.